The highest BCUT2D eigenvalue weighted by Crippen LogP contribution is 2.32. The Morgan fingerprint density at radius 2 is 2.38 bits per heavy atom. The van der Waals surface area contributed by atoms with Gasteiger partial charge in [0, 0.05) is 13.1 Å². The molecule has 1 fully saturated rings. The summed E-state index contributed by atoms with van der Waals surface area (Å²) in [5.41, 5.74) is 2.43. The highest BCUT2D eigenvalue weighted by Gasteiger charge is 2.25. The Morgan fingerprint density at radius 3 is 2.94 bits per heavy atom. The standard InChI is InChI=1S/C10H16ClN5/c1-2-16(6-7-3-4-7)9-8(11)5-13-10(14-9)15-12/h5,7H,2-4,6,12H2,1H3,(H,13,14,15). The lowest BCUT2D eigenvalue weighted by Gasteiger charge is -2.22. The van der Waals surface area contributed by atoms with Crippen LogP contribution in [0.3, 0.4) is 0 Å². The van der Waals surface area contributed by atoms with Crippen molar-refractivity contribution >= 4 is 23.4 Å². The fourth-order valence-electron chi connectivity index (χ4n) is 1.63. The molecule has 0 unspecified atom stereocenters. The van der Waals surface area contributed by atoms with E-state index < -0.39 is 0 Å². The third kappa shape index (κ3) is 2.54. The predicted octanol–water partition coefficient (Wildman–Crippen LogP) is 1.65. The molecule has 1 saturated carbocycles. The number of aromatic nitrogens is 2. The van der Waals surface area contributed by atoms with Crippen LogP contribution >= 0.6 is 11.6 Å². The summed E-state index contributed by atoms with van der Waals surface area (Å²) in [5.74, 6) is 7.24. The lowest BCUT2D eigenvalue weighted by atomic mass is 10.3. The number of nitrogens with one attached hydrogen (secondary N) is 1. The van der Waals surface area contributed by atoms with Crippen LogP contribution in [-0.2, 0) is 0 Å². The SMILES string of the molecule is CCN(CC1CC1)c1nc(NN)ncc1Cl. The van der Waals surface area contributed by atoms with Crippen molar-refractivity contribution in [1.82, 2.24) is 9.97 Å². The molecule has 5 nitrogen and oxygen atoms in total. The van der Waals surface area contributed by atoms with Crippen molar-refractivity contribution in [2.24, 2.45) is 11.8 Å². The molecule has 16 heavy (non-hydrogen) atoms. The Labute approximate surface area is 100.0 Å². The fraction of sp³-hybridized carbons (Fsp3) is 0.600. The Bertz CT molecular complexity index is 366. The van der Waals surface area contributed by atoms with Gasteiger partial charge in [-0.3, -0.25) is 5.43 Å². The molecule has 6 heteroatoms. The fourth-order valence-corrected chi connectivity index (χ4v) is 1.84. The predicted molar refractivity (Wildman–Crippen MR) is 65.5 cm³/mol. The van der Waals surface area contributed by atoms with Gasteiger partial charge in [0.15, 0.2) is 5.82 Å². The average molecular weight is 242 g/mol. The number of halogens is 1. The van der Waals surface area contributed by atoms with Crippen LogP contribution in [0.15, 0.2) is 6.20 Å². The van der Waals surface area contributed by atoms with Gasteiger partial charge in [-0.2, -0.15) is 4.98 Å². The van der Waals surface area contributed by atoms with Crippen molar-refractivity contribution in [3.63, 3.8) is 0 Å². The molecule has 1 heterocycles. The molecule has 0 atom stereocenters. The number of hydrazine groups is 1. The second-order valence-electron chi connectivity index (χ2n) is 3.99. The van der Waals surface area contributed by atoms with Crippen LogP contribution in [0.4, 0.5) is 11.8 Å². The Kier molecular flexibility index (Phi) is 3.46. The van der Waals surface area contributed by atoms with E-state index >= 15 is 0 Å². The molecule has 3 N–H and O–H groups in total. The van der Waals surface area contributed by atoms with E-state index in [2.05, 4.69) is 27.2 Å². The molecule has 0 amide bonds. The van der Waals surface area contributed by atoms with Crippen molar-refractivity contribution in [3.05, 3.63) is 11.2 Å². The van der Waals surface area contributed by atoms with Gasteiger partial charge in [0.25, 0.3) is 0 Å². The first-order valence-electron chi connectivity index (χ1n) is 5.48. The van der Waals surface area contributed by atoms with Gasteiger partial charge >= 0.3 is 0 Å². The molecule has 1 aromatic heterocycles. The molecule has 0 saturated heterocycles. The number of nitrogens with zero attached hydrogens (tertiary/aromatic N) is 3. The molecule has 2 rings (SSSR count). The van der Waals surface area contributed by atoms with Crippen molar-refractivity contribution in [2.75, 3.05) is 23.4 Å². The third-order valence-electron chi connectivity index (χ3n) is 2.71. The van der Waals surface area contributed by atoms with E-state index in [0.717, 1.165) is 24.8 Å². The van der Waals surface area contributed by atoms with Gasteiger partial charge in [-0.05, 0) is 25.7 Å². The summed E-state index contributed by atoms with van der Waals surface area (Å²) in [6.45, 7) is 3.99. The van der Waals surface area contributed by atoms with E-state index in [4.69, 9.17) is 17.4 Å². The summed E-state index contributed by atoms with van der Waals surface area (Å²) in [6, 6.07) is 0. The quantitative estimate of drug-likeness (QED) is 0.606. The van der Waals surface area contributed by atoms with Crippen LogP contribution in [0, 0.1) is 5.92 Å². The Balaban J connectivity index is 2.20. The molecule has 0 spiro atoms. The second-order valence-corrected chi connectivity index (χ2v) is 4.40. The number of nitrogens with two attached hydrogens (primary N) is 1. The molecule has 0 radical (unpaired) electrons. The molecule has 0 aliphatic heterocycles. The molecular formula is C10H16ClN5. The van der Waals surface area contributed by atoms with Crippen molar-refractivity contribution in [1.29, 1.82) is 0 Å². The van der Waals surface area contributed by atoms with E-state index in [1.807, 2.05) is 0 Å². The van der Waals surface area contributed by atoms with Crippen molar-refractivity contribution in [2.45, 2.75) is 19.8 Å². The summed E-state index contributed by atoms with van der Waals surface area (Å²) in [5, 5.41) is 0.571. The smallest absolute Gasteiger partial charge is 0.239 e. The zero-order valence-corrected chi connectivity index (χ0v) is 10.0. The molecule has 1 aliphatic rings. The van der Waals surface area contributed by atoms with E-state index in [-0.39, 0.29) is 0 Å². The second kappa shape index (κ2) is 4.84. The summed E-state index contributed by atoms with van der Waals surface area (Å²) in [4.78, 5) is 10.4. The number of anilines is 2. The third-order valence-corrected chi connectivity index (χ3v) is 2.98. The first kappa shape index (κ1) is 11.4. The van der Waals surface area contributed by atoms with Crippen LogP contribution in [-0.4, -0.2) is 23.1 Å². The van der Waals surface area contributed by atoms with Crippen LogP contribution in [0.1, 0.15) is 19.8 Å². The summed E-state index contributed by atoms with van der Waals surface area (Å²) in [6.07, 6.45) is 4.19. The summed E-state index contributed by atoms with van der Waals surface area (Å²) >= 11 is 6.10. The van der Waals surface area contributed by atoms with Crippen LogP contribution in [0.5, 0.6) is 0 Å². The Hall–Kier alpha value is -1.07. The largest absolute Gasteiger partial charge is 0.355 e. The topological polar surface area (TPSA) is 67.1 Å². The normalized spacial score (nSPS) is 14.9. The Morgan fingerprint density at radius 1 is 1.62 bits per heavy atom. The zero-order chi connectivity index (χ0) is 11.5. The number of rotatable bonds is 5. The minimum atomic E-state index is 0.397. The molecule has 0 bridgehead atoms. The van der Waals surface area contributed by atoms with Crippen molar-refractivity contribution < 1.29 is 0 Å². The molecule has 1 aliphatic carbocycles. The first-order chi connectivity index (χ1) is 7.74. The highest BCUT2D eigenvalue weighted by molar-refractivity contribution is 6.32. The lowest BCUT2D eigenvalue weighted by molar-refractivity contribution is 0.731. The van der Waals surface area contributed by atoms with Gasteiger partial charge in [-0.1, -0.05) is 11.6 Å². The van der Waals surface area contributed by atoms with E-state index in [1.165, 1.54) is 12.8 Å². The molecule has 88 valence electrons. The molecule has 0 aromatic carbocycles. The minimum Gasteiger partial charge on any atom is -0.355 e. The first-order valence-corrected chi connectivity index (χ1v) is 5.86. The maximum absolute atomic E-state index is 6.10. The zero-order valence-electron chi connectivity index (χ0n) is 9.28. The van der Waals surface area contributed by atoms with Crippen LogP contribution in [0.25, 0.3) is 0 Å². The number of hydrogen-bond donors (Lipinski definition) is 2. The average Bonchev–Trinajstić information content (AvgIpc) is 3.11. The van der Waals surface area contributed by atoms with Gasteiger partial charge < -0.3 is 4.90 Å². The van der Waals surface area contributed by atoms with Gasteiger partial charge in [0.2, 0.25) is 5.95 Å². The van der Waals surface area contributed by atoms with Gasteiger partial charge in [-0.25, -0.2) is 10.8 Å². The van der Waals surface area contributed by atoms with E-state index in [1.54, 1.807) is 6.20 Å². The lowest BCUT2D eigenvalue weighted by Crippen LogP contribution is -2.27. The number of nitrogen functional groups attached to an aromatic ring is 1. The minimum absolute atomic E-state index is 0.397. The maximum atomic E-state index is 6.10. The molecule has 1 aromatic rings. The number of hydrogen-bond acceptors (Lipinski definition) is 5. The van der Waals surface area contributed by atoms with Crippen LogP contribution < -0.4 is 16.2 Å². The van der Waals surface area contributed by atoms with Gasteiger partial charge in [-0.15, -0.1) is 0 Å². The monoisotopic (exact) mass is 241 g/mol. The molecular weight excluding hydrogens is 226 g/mol. The van der Waals surface area contributed by atoms with Crippen molar-refractivity contribution in [3.8, 4) is 0 Å². The summed E-state index contributed by atoms with van der Waals surface area (Å²) < 4.78 is 0. The van der Waals surface area contributed by atoms with Gasteiger partial charge in [0.05, 0.1) is 6.20 Å². The highest BCUT2D eigenvalue weighted by atomic mass is 35.5. The van der Waals surface area contributed by atoms with E-state index in [0.29, 0.717) is 11.0 Å². The summed E-state index contributed by atoms with van der Waals surface area (Å²) in [7, 11) is 0. The van der Waals surface area contributed by atoms with E-state index in [9.17, 15) is 0 Å². The van der Waals surface area contributed by atoms with Crippen LogP contribution in [0.2, 0.25) is 5.02 Å². The van der Waals surface area contributed by atoms with Gasteiger partial charge in [0.1, 0.15) is 5.02 Å². The maximum Gasteiger partial charge on any atom is 0.239 e.